The Morgan fingerprint density at radius 2 is 2.62 bits per heavy atom. The van der Waals surface area contributed by atoms with Crippen LogP contribution < -0.4 is 0 Å². The van der Waals surface area contributed by atoms with Crippen LogP contribution in [0.5, 0.6) is 0 Å². The average Bonchev–Trinajstić information content (AvgIpc) is 2.10. The average molecular weight is 119 g/mol. The number of aliphatic hydroxyl groups excluding tert-OH is 2. The van der Waals surface area contributed by atoms with E-state index in [1.807, 2.05) is 0 Å². The third kappa shape index (κ3) is 0.992. The summed E-state index contributed by atoms with van der Waals surface area (Å²) in [5.74, 6) is 0. The van der Waals surface area contributed by atoms with Crippen LogP contribution >= 0.6 is 0 Å². The summed E-state index contributed by atoms with van der Waals surface area (Å²) in [6, 6.07) is 0. The third-order valence-corrected chi connectivity index (χ3v) is 1.22. The topological polar surface area (TPSA) is 49.7 Å². The van der Waals surface area contributed by atoms with Crippen molar-refractivity contribution in [3.8, 4) is 0 Å². The van der Waals surface area contributed by atoms with Crippen molar-refractivity contribution >= 4 is 0 Å². The Morgan fingerprint density at radius 1 is 1.88 bits per heavy atom. The minimum atomic E-state index is -0.655. The minimum absolute atomic E-state index is 0.198. The molecule has 0 bridgehead atoms. The maximum atomic E-state index is 8.95. The highest BCUT2D eigenvalue weighted by molar-refractivity contribution is 4.73. The Kier molecular flexibility index (Phi) is 1.44. The lowest BCUT2D eigenvalue weighted by Crippen LogP contribution is -2.24. The standard InChI is InChI=1S/C5H10O3/c6-3-5-4(7)1-2-8-5/h4-7H,1-3H2/t4-,5+/m0/s1/i2D/t2-,4+,5-/m1. The first-order valence-electron chi connectivity index (χ1n) is 3.18. The Labute approximate surface area is 49.3 Å². The van der Waals surface area contributed by atoms with E-state index in [1.54, 1.807) is 0 Å². The van der Waals surface area contributed by atoms with Crippen LogP contribution in [-0.2, 0) is 4.74 Å². The molecule has 1 heterocycles. The Morgan fingerprint density at radius 3 is 2.88 bits per heavy atom. The van der Waals surface area contributed by atoms with E-state index in [9.17, 15) is 0 Å². The maximum absolute atomic E-state index is 8.95. The molecule has 1 rings (SSSR count). The van der Waals surface area contributed by atoms with Gasteiger partial charge in [0.05, 0.1) is 14.1 Å². The second kappa shape index (κ2) is 2.44. The van der Waals surface area contributed by atoms with Crippen LogP contribution in [0.4, 0.5) is 0 Å². The van der Waals surface area contributed by atoms with Gasteiger partial charge in [-0.25, -0.2) is 0 Å². The van der Waals surface area contributed by atoms with E-state index in [-0.39, 0.29) is 6.61 Å². The molecule has 1 aliphatic rings. The molecule has 1 saturated heterocycles. The smallest absolute Gasteiger partial charge is 0.106 e. The van der Waals surface area contributed by atoms with E-state index >= 15 is 0 Å². The molecule has 0 spiro atoms. The minimum Gasteiger partial charge on any atom is -0.394 e. The zero-order chi connectivity index (χ0) is 6.85. The van der Waals surface area contributed by atoms with Gasteiger partial charge in [-0.15, -0.1) is 0 Å². The number of rotatable bonds is 1. The van der Waals surface area contributed by atoms with E-state index in [0.29, 0.717) is 6.42 Å². The second-order valence-electron chi connectivity index (χ2n) is 1.83. The molecule has 0 aliphatic carbocycles. The van der Waals surface area contributed by atoms with Crippen LogP contribution in [0.15, 0.2) is 0 Å². The zero-order valence-corrected chi connectivity index (χ0v) is 4.45. The number of hydrogen-bond acceptors (Lipinski definition) is 3. The summed E-state index contributed by atoms with van der Waals surface area (Å²) in [5, 5.41) is 17.4. The number of hydrogen-bond donors (Lipinski definition) is 2. The molecule has 0 aromatic heterocycles. The van der Waals surface area contributed by atoms with Gasteiger partial charge < -0.3 is 14.9 Å². The lowest BCUT2D eigenvalue weighted by molar-refractivity contribution is 0.00406. The predicted molar refractivity (Wildman–Crippen MR) is 27.4 cm³/mol. The molecule has 1 aliphatic heterocycles. The summed E-state index contributed by atoms with van der Waals surface area (Å²) in [6.07, 6.45) is -0.879. The quantitative estimate of drug-likeness (QED) is 0.471. The summed E-state index contributed by atoms with van der Waals surface area (Å²) in [4.78, 5) is 0. The normalized spacial score (nSPS) is 49.2. The van der Waals surface area contributed by atoms with Gasteiger partial charge in [0, 0.05) is 6.58 Å². The van der Waals surface area contributed by atoms with Gasteiger partial charge in [0.2, 0.25) is 0 Å². The van der Waals surface area contributed by atoms with Crippen molar-refractivity contribution in [1.29, 1.82) is 0 Å². The molecule has 0 aromatic carbocycles. The van der Waals surface area contributed by atoms with E-state index in [0.717, 1.165) is 0 Å². The van der Waals surface area contributed by atoms with Crippen molar-refractivity contribution in [3.05, 3.63) is 0 Å². The lowest BCUT2D eigenvalue weighted by Gasteiger charge is -2.07. The molecule has 3 heteroatoms. The van der Waals surface area contributed by atoms with E-state index in [2.05, 4.69) is 0 Å². The summed E-state index contributed by atoms with van der Waals surface area (Å²) in [6.45, 7) is -0.853. The van der Waals surface area contributed by atoms with Crippen LogP contribution in [0.2, 0.25) is 0 Å². The largest absolute Gasteiger partial charge is 0.394 e. The van der Waals surface area contributed by atoms with Gasteiger partial charge in [-0.3, -0.25) is 0 Å². The lowest BCUT2D eigenvalue weighted by atomic mass is 10.2. The van der Waals surface area contributed by atoms with Gasteiger partial charge in [0.25, 0.3) is 0 Å². The van der Waals surface area contributed by atoms with E-state index < -0.39 is 18.8 Å². The molecular weight excluding hydrogens is 108 g/mol. The van der Waals surface area contributed by atoms with Crippen molar-refractivity contribution in [1.82, 2.24) is 0 Å². The van der Waals surface area contributed by atoms with Crippen LogP contribution in [0, 0.1) is 0 Å². The fraction of sp³-hybridized carbons (Fsp3) is 1.00. The van der Waals surface area contributed by atoms with Gasteiger partial charge in [0.15, 0.2) is 0 Å². The highest BCUT2D eigenvalue weighted by Crippen LogP contribution is 2.11. The summed E-state index contributed by atoms with van der Waals surface area (Å²) >= 11 is 0. The van der Waals surface area contributed by atoms with E-state index in [4.69, 9.17) is 16.3 Å². The fourth-order valence-corrected chi connectivity index (χ4v) is 0.685. The summed E-state index contributed by atoms with van der Waals surface area (Å²) in [7, 11) is 0. The number of aliphatic hydroxyl groups is 2. The van der Waals surface area contributed by atoms with Crippen LogP contribution in [-0.4, -0.2) is 35.6 Å². The zero-order valence-electron chi connectivity index (χ0n) is 5.45. The molecule has 2 N–H and O–H groups in total. The second-order valence-corrected chi connectivity index (χ2v) is 1.83. The van der Waals surface area contributed by atoms with Gasteiger partial charge >= 0.3 is 0 Å². The molecule has 0 unspecified atom stereocenters. The Bertz CT molecular complexity index is 98.2. The molecule has 3 atom stereocenters. The Balaban J connectivity index is 2.38. The Hall–Kier alpha value is -0.120. The van der Waals surface area contributed by atoms with Gasteiger partial charge in [-0.05, 0) is 6.42 Å². The third-order valence-electron chi connectivity index (χ3n) is 1.22. The van der Waals surface area contributed by atoms with Crippen molar-refractivity contribution < 1.29 is 16.3 Å². The molecule has 48 valence electrons. The van der Waals surface area contributed by atoms with Gasteiger partial charge in [-0.1, -0.05) is 0 Å². The first kappa shape index (κ1) is 4.73. The van der Waals surface area contributed by atoms with E-state index in [1.165, 1.54) is 0 Å². The van der Waals surface area contributed by atoms with Crippen LogP contribution in [0.25, 0.3) is 0 Å². The van der Waals surface area contributed by atoms with Crippen molar-refractivity contribution in [2.45, 2.75) is 18.6 Å². The SMILES string of the molecule is [2H][C@@H]1C[C@H](O)[C@@H](CO)O1. The number of ether oxygens (including phenoxy) is 1. The highest BCUT2D eigenvalue weighted by atomic mass is 16.5. The van der Waals surface area contributed by atoms with Crippen LogP contribution in [0.3, 0.4) is 0 Å². The molecular formula is C5H10O3. The molecule has 0 amide bonds. The van der Waals surface area contributed by atoms with Crippen molar-refractivity contribution in [2.24, 2.45) is 0 Å². The van der Waals surface area contributed by atoms with Gasteiger partial charge in [-0.2, -0.15) is 0 Å². The molecule has 3 nitrogen and oxygen atoms in total. The first-order chi connectivity index (χ1) is 4.24. The van der Waals surface area contributed by atoms with Crippen molar-refractivity contribution in [2.75, 3.05) is 13.2 Å². The molecule has 1 fully saturated rings. The fourth-order valence-electron chi connectivity index (χ4n) is 0.685. The summed E-state index contributed by atoms with van der Waals surface area (Å²) < 4.78 is 11.8. The molecule has 0 radical (unpaired) electrons. The van der Waals surface area contributed by atoms with Crippen LogP contribution in [0.1, 0.15) is 7.79 Å². The summed E-state index contributed by atoms with van der Waals surface area (Å²) in [5.41, 5.74) is 0. The molecule has 8 heavy (non-hydrogen) atoms. The van der Waals surface area contributed by atoms with Gasteiger partial charge in [0.1, 0.15) is 6.10 Å². The molecule has 0 saturated carbocycles. The monoisotopic (exact) mass is 119 g/mol. The first-order valence-corrected chi connectivity index (χ1v) is 2.60. The van der Waals surface area contributed by atoms with Crippen molar-refractivity contribution in [3.63, 3.8) is 0 Å². The predicted octanol–water partition coefficient (Wildman–Crippen LogP) is -0.871. The maximum Gasteiger partial charge on any atom is 0.106 e. The highest BCUT2D eigenvalue weighted by Gasteiger charge is 2.24. The molecule has 0 aromatic rings.